The molecule has 0 aliphatic heterocycles. The average molecular weight is 285 g/mol. The number of thiophene rings is 1. The van der Waals surface area contributed by atoms with Gasteiger partial charge in [-0.25, -0.2) is 4.39 Å². The van der Waals surface area contributed by atoms with E-state index in [0.29, 0.717) is 4.88 Å². The quantitative estimate of drug-likeness (QED) is 0.732. The maximum absolute atomic E-state index is 13.1. The predicted octanol–water partition coefficient (Wildman–Crippen LogP) is 4.60. The van der Waals surface area contributed by atoms with E-state index in [1.165, 1.54) is 23.5 Å². The molecule has 1 N–H and O–H groups in total. The molecule has 0 aliphatic rings. The van der Waals surface area contributed by atoms with Crippen LogP contribution in [0.1, 0.15) is 15.2 Å². The number of anilines is 1. The van der Waals surface area contributed by atoms with Crippen molar-refractivity contribution in [2.75, 3.05) is 5.32 Å². The summed E-state index contributed by atoms with van der Waals surface area (Å²) >= 11 is 1.36. The number of benzene rings is 2. The van der Waals surface area contributed by atoms with Crippen molar-refractivity contribution in [1.82, 2.24) is 0 Å². The van der Waals surface area contributed by atoms with E-state index in [4.69, 9.17) is 0 Å². The molecule has 2 nitrogen and oxygen atoms in total. The van der Waals surface area contributed by atoms with Gasteiger partial charge in [0.15, 0.2) is 0 Å². The largest absolute Gasteiger partial charge is 0.321 e. The minimum absolute atomic E-state index is 0.169. The van der Waals surface area contributed by atoms with E-state index in [-0.39, 0.29) is 11.7 Å². The molecule has 2 aromatic carbocycles. The second kappa shape index (κ2) is 5.06. The minimum Gasteiger partial charge on any atom is -0.321 e. The molecule has 1 heterocycles. The summed E-state index contributed by atoms with van der Waals surface area (Å²) in [6, 6.07) is 13.9. The van der Waals surface area contributed by atoms with Crippen LogP contribution in [0, 0.1) is 12.7 Å². The van der Waals surface area contributed by atoms with Gasteiger partial charge in [-0.2, -0.15) is 0 Å². The molecule has 3 rings (SSSR count). The summed E-state index contributed by atoms with van der Waals surface area (Å²) in [7, 11) is 0. The number of rotatable bonds is 2. The third-order valence-electron chi connectivity index (χ3n) is 2.98. The normalized spacial score (nSPS) is 10.7. The van der Waals surface area contributed by atoms with Crippen molar-refractivity contribution in [3.63, 3.8) is 0 Å². The molecule has 4 heteroatoms. The predicted molar refractivity (Wildman–Crippen MR) is 80.9 cm³/mol. The maximum atomic E-state index is 13.1. The van der Waals surface area contributed by atoms with Crippen LogP contribution in [-0.2, 0) is 0 Å². The number of hydrogen-bond donors (Lipinski definition) is 1. The molecule has 20 heavy (non-hydrogen) atoms. The monoisotopic (exact) mass is 285 g/mol. The number of hydrogen-bond acceptors (Lipinski definition) is 2. The highest BCUT2D eigenvalue weighted by Crippen LogP contribution is 2.27. The molecule has 0 atom stereocenters. The van der Waals surface area contributed by atoms with E-state index >= 15 is 0 Å². The first-order valence-electron chi connectivity index (χ1n) is 6.19. The molecular weight excluding hydrogens is 273 g/mol. The molecule has 3 aromatic rings. The lowest BCUT2D eigenvalue weighted by Crippen LogP contribution is -2.09. The average Bonchev–Trinajstić information content (AvgIpc) is 2.81. The number of fused-ring (bicyclic) bond motifs is 1. The van der Waals surface area contributed by atoms with Gasteiger partial charge in [0.25, 0.3) is 5.91 Å². The fraction of sp³-hybridized carbons (Fsp3) is 0.0625. The van der Waals surface area contributed by atoms with Crippen LogP contribution in [0.4, 0.5) is 10.1 Å². The lowest BCUT2D eigenvalue weighted by atomic mass is 10.2. The highest BCUT2D eigenvalue weighted by Gasteiger charge is 2.11. The highest BCUT2D eigenvalue weighted by atomic mass is 32.1. The number of carbonyl (C=O) groups excluding carboxylic acids is 1. The SMILES string of the molecule is Cc1cccc(NC(=O)c2cc3cc(F)ccc3s2)c1. The summed E-state index contributed by atoms with van der Waals surface area (Å²) in [6.07, 6.45) is 0. The van der Waals surface area contributed by atoms with E-state index in [1.807, 2.05) is 31.2 Å². The molecule has 0 fully saturated rings. The Labute approximate surface area is 119 Å². The Balaban J connectivity index is 1.88. The van der Waals surface area contributed by atoms with Crippen molar-refractivity contribution >= 4 is 33.0 Å². The molecule has 0 unspecified atom stereocenters. The Morgan fingerprint density at radius 2 is 2.00 bits per heavy atom. The third-order valence-corrected chi connectivity index (χ3v) is 4.09. The van der Waals surface area contributed by atoms with Crippen LogP contribution in [0.25, 0.3) is 10.1 Å². The number of amides is 1. The van der Waals surface area contributed by atoms with Gasteiger partial charge in [-0.05, 0) is 54.3 Å². The Bertz CT molecular complexity index is 794. The maximum Gasteiger partial charge on any atom is 0.265 e. The first-order valence-corrected chi connectivity index (χ1v) is 7.00. The zero-order chi connectivity index (χ0) is 14.1. The zero-order valence-electron chi connectivity index (χ0n) is 10.8. The first-order chi connectivity index (χ1) is 9.61. The number of carbonyl (C=O) groups is 1. The Hall–Kier alpha value is -2.20. The fourth-order valence-electron chi connectivity index (χ4n) is 2.04. The van der Waals surface area contributed by atoms with Gasteiger partial charge in [0.1, 0.15) is 5.82 Å². The Morgan fingerprint density at radius 3 is 2.80 bits per heavy atom. The Kier molecular flexibility index (Phi) is 3.24. The molecule has 0 spiro atoms. The summed E-state index contributed by atoms with van der Waals surface area (Å²) in [6.45, 7) is 1.97. The second-order valence-electron chi connectivity index (χ2n) is 4.62. The van der Waals surface area contributed by atoms with Crippen molar-refractivity contribution in [3.05, 3.63) is 64.8 Å². The molecule has 100 valence electrons. The fourth-order valence-corrected chi connectivity index (χ4v) is 2.98. The molecule has 1 amide bonds. The highest BCUT2D eigenvalue weighted by molar-refractivity contribution is 7.20. The molecular formula is C16H12FNOS. The van der Waals surface area contributed by atoms with E-state index in [1.54, 1.807) is 12.1 Å². The van der Waals surface area contributed by atoms with Crippen LogP contribution >= 0.6 is 11.3 Å². The van der Waals surface area contributed by atoms with Crippen LogP contribution in [-0.4, -0.2) is 5.91 Å². The molecule has 0 saturated carbocycles. The van der Waals surface area contributed by atoms with Crippen molar-refractivity contribution < 1.29 is 9.18 Å². The molecule has 0 bridgehead atoms. The van der Waals surface area contributed by atoms with Gasteiger partial charge in [-0.3, -0.25) is 4.79 Å². The number of halogens is 1. The zero-order valence-corrected chi connectivity index (χ0v) is 11.6. The molecule has 0 aliphatic carbocycles. The Morgan fingerprint density at radius 1 is 1.15 bits per heavy atom. The summed E-state index contributed by atoms with van der Waals surface area (Å²) in [5.41, 5.74) is 1.85. The first kappa shape index (κ1) is 12.8. The van der Waals surface area contributed by atoms with E-state index < -0.39 is 0 Å². The number of nitrogens with one attached hydrogen (secondary N) is 1. The van der Waals surface area contributed by atoms with Crippen LogP contribution in [0.2, 0.25) is 0 Å². The third kappa shape index (κ3) is 2.56. The van der Waals surface area contributed by atoms with Gasteiger partial charge in [-0.15, -0.1) is 11.3 Å². The summed E-state index contributed by atoms with van der Waals surface area (Å²) < 4.78 is 14.0. The van der Waals surface area contributed by atoms with Crippen molar-refractivity contribution in [1.29, 1.82) is 0 Å². The minimum atomic E-state index is -0.291. The van der Waals surface area contributed by atoms with Crippen LogP contribution in [0.15, 0.2) is 48.5 Å². The van der Waals surface area contributed by atoms with Crippen molar-refractivity contribution in [2.45, 2.75) is 6.92 Å². The lowest BCUT2D eigenvalue weighted by Gasteiger charge is -2.03. The van der Waals surface area contributed by atoms with Gasteiger partial charge < -0.3 is 5.32 Å². The van der Waals surface area contributed by atoms with Gasteiger partial charge >= 0.3 is 0 Å². The van der Waals surface area contributed by atoms with Gasteiger partial charge in [0.2, 0.25) is 0 Å². The van der Waals surface area contributed by atoms with Crippen molar-refractivity contribution in [2.24, 2.45) is 0 Å². The standard InChI is InChI=1S/C16H12FNOS/c1-10-3-2-4-13(7-10)18-16(19)15-9-11-8-12(17)5-6-14(11)20-15/h2-9H,1H3,(H,18,19). The van der Waals surface area contributed by atoms with Crippen molar-refractivity contribution in [3.8, 4) is 0 Å². The smallest absolute Gasteiger partial charge is 0.265 e. The summed E-state index contributed by atoms with van der Waals surface area (Å²) in [5, 5.41) is 3.61. The summed E-state index contributed by atoms with van der Waals surface area (Å²) in [4.78, 5) is 12.8. The number of aryl methyl sites for hydroxylation is 1. The van der Waals surface area contributed by atoms with Gasteiger partial charge in [0, 0.05) is 10.4 Å². The second-order valence-corrected chi connectivity index (χ2v) is 5.70. The molecule has 0 radical (unpaired) electrons. The summed E-state index contributed by atoms with van der Waals surface area (Å²) in [5.74, 6) is -0.460. The van der Waals surface area contributed by atoms with E-state index in [0.717, 1.165) is 21.3 Å². The van der Waals surface area contributed by atoms with Crippen LogP contribution in [0.5, 0.6) is 0 Å². The topological polar surface area (TPSA) is 29.1 Å². The molecule has 1 aromatic heterocycles. The van der Waals surface area contributed by atoms with E-state index in [9.17, 15) is 9.18 Å². The lowest BCUT2D eigenvalue weighted by molar-refractivity contribution is 0.103. The molecule has 0 saturated heterocycles. The van der Waals surface area contributed by atoms with E-state index in [2.05, 4.69) is 5.32 Å². The van der Waals surface area contributed by atoms with Crippen LogP contribution < -0.4 is 5.32 Å². The van der Waals surface area contributed by atoms with Crippen LogP contribution in [0.3, 0.4) is 0 Å². The van der Waals surface area contributed by atoms with Gasteiger partial charge in [0.05, 0.1) is 4.88 Å². The van der Waals surface area contributed by atoms with Gasteiger partial charge in [-0.1, -0.05) is 12.1 Å².